The van der Waals surface area contributed by atoms with Crippen LogP contribution in [0.25, 0.3) is 5.65 Å². The maximum atomic E-state index is 12.0. The third kappa shape index (κ3) is 1.67. The number of H-pyrrole nitrogens is 1. The topological polar surface area (TPSA) is 50.2 Å². The molecule has 4 heteroatoms. The standard InChI is InChI=1S/C14H19N3O/c1-14(2,3)11-8-12-15-13(18)9-6-4-5-7-10(9)17(12)16-11/h8H,4-7H2,1-3H3,(H,15,18). The zero-order chi connectivity index (χ0) is 12.9. The maximum Gasteiger partial charge on any atom is 0.254 e. The number of nitrogens with zero attached hydrogens (tertiary/aromatic N) is 2. The molecule has 0 spiro atoms. The molecule has 0 saturated carbocycles. The lowest BCUT2D eigenvalue weighted by Crippen LogP contribution is -2.23. The molecule has 2 aromatic heterocycles. The summed E-state index contributed by atoms with van der Waals surface area (Å²) in [6.45, 7) is 6.41. The monoisotopic (exact) mass is 245 g/mol. The molecule has 0 unspecified atom stereocenters. The lowest BCUT2D eigenvalue weighted by molar-refractivity contribution is 0.556. The largest absolute Gasteiger partial charge is 0.307 e. The van der Waals surface area contributed by atoms with Crippen LogP contribution in [0.4, 0.5) is 0 Å². The number of aromatic nitrogens is 3. The molecule has 1 aliphatic carbocycles. The molecule has 0 saturated heterocycles. The smallest absolute Gasteiger partial charge is 0.254 e. The Labute approximate surface area is 106 Å². The first-order valence-corrected chi connectivity index (χ1v) is 6.61. The van der Waals surface area contributed by atoms with Gasteiger partial charge in [-0.05, 0) is 25.7 Å². The quantitative estimate of drug-likeness (QED) is 0.773. The highest BCUT2D eigenvalue weighted by atomic mass is 16.1. The van der Waals surface area contributed by atoms with Crippen molar-refractivity contribution < 1.29 is 0 Å². The van der Waals surface area contributed by atoms with Crippen LogP contribution in [0.1, 0.15) is 50.6 Å². The highest BCUT2D eigenvalue weighted by Gasteiger charge is 2.22. The van der Waals surface area contributed by atoms with Crippen molar-refractivity contribution in [3.8, 4) is 0 Å². The predicted molar refractivity (Wildman–Crippen MR) is 71.2 cm³/mol. The molecule has 0 amide bonds. The molecule has 96 valence electrons. The van der Waals surface area contributed by atoms with Gasteiger partial charge in [-0.15, -0.1) is 0 Å². The normalized spacial score (nSPS) is 15.9. The summed E-state index contributed by atoms with van der Waals surface area (Å²) in [6, 6.07) is 2.00. The summed E-state index contributed by atoms with van der Waals surface area (Å²) in [5.41, 5.74) is 3.96. The van der Waals surface area contributed by atoms with Gasteiger partial charge in [0.05, 0.1) is 11.4 Å². The van der Waals surface area contributed by atoms with Crippen LogP contribution in [0.5, 0.6) is 0 Å². The number of hydrogen-bond acceptors (Lipinski definition) is 2. The van der Waals surface area contributed by atoms with Gasteiger partial charge in [-0.2, -0.15) is 5.10 Å². The molecule has 0 radical (unpaired) electrons. The number of fused-ring (bicyclic) bond motifs is 3. The fourth-order valence-corrected chi connectivity index (χ4v) is 2.60. The predicted octanol–water partition coefficient (Wildman–Crippen LogP) is 2.20. The highest BCUT2D eigenvalue weighted by Crippen LogP contribution is 2.24. The second kappa shape index (κ2) is 3.70. The molecule has 0 atom stereocenters. The molecule has 0 aromatic carbocycles. The third-order valence-electron chi connectivity index (χ3n) is 3.69. The van der Waals surface area contributed by atoms with Crippen LogP contribution in [0.15, 0.2) is 10.9 Å². The van der Waals surface area contributed by atoms with Crippen LogP contribution in [0, 0.1) is 0 Å². The van der Waals surface area contributed by atoms with Crippen molar-refractivity contribution >= 4 is 5.65 Å². The second-order valence-corrected chi connectivity index (χ2v) is 6.16. The molecular weight excluding hydrogens is 226 g/mol. The Morgan fingerprint density at radius 3 is 2.72 bits per heavy atom. The van der Waals surface area contributed by atoms with Crippen molar-refractivity contribution in [2.24, 2.45) is 0 Å². The van der Waals surface area contributed by atoms with E-state index in [1.165, 1.54) is 0 Å². The van der Waals surface area contributed by atoms with E-state index < -0.39 is 0 Å². The summed E-state index contributed by atoms with van der Waals surface area (Å²) in [7, 11) is 0. The maximum absolute atomic E-state index is 12.0. The molecular formula is C14H19N3O. The van der Waals surface area contributed by atoms with Crippen LogP contribution in [0.3, 0.4) is 0 Å². The van der Waals surface area contributed by atoms with Crippen molar-refractivity contribution in [3.63, 3.8) is 0 Å². The van der Waals surface area contributed by atoms with E-state index in [2.05, 4.69) is 30.9 Å². The van der Waals surface area contributed by atoms with Gasteiger partial charge in [-0.3, -0.25) is 4.79 Å². The Morgan fingerprint density at radius 2 is 2.00 bits per heavy atom. The third-order valence-corrected chi connectivity index (χ3v) is 3.69. The van der Waals surface area contributed by atoms with E-state index in [9.17, 15) is 4.79 Å². The van der Waals surface area contributed by atoms with Crippen LogP contribution in [-0.4, -0.2) is 14.6 Å². The summed E-state index contributed by atoms with van der Waals surface area (Å²) >= 11 is 0. The number of aryl methyl sites for hydroxylation is 1. The van der Waals surface area contributed by atoms with Gasteiger partial charge in [-0.25, -0.2) is 4.52 Å². The first-order valence-electron chi connectivity index (χ1n) is 6.61. The summed E-state index contributed by atoms with van der Waals surface area (Å²) < 4.78 is 1.94. The minimum Gasteiger partial charge on any atom is -0.307 e. The Balaban J connectivity index is 2.31. The molecule has 1 N–H and O–H groups in total. The Kier molecular flexibility index (Phi) is 2.37. The van der Waals surface area contributed by atoms with Crippen molar-refractivity contribution in [2.45, 2.75) is 51.9 Å². The number of nitrogens with one attached hydrogen (secondary N) is 1. The van der Waals surface area contributed by atoms with Gasteiger partial charge < -0.3 is 4.98 Å². The van der Waals surface area contributed by atoms with E-state index in [0.29, 0.717) is 0 Å². The van der Waals surface area contributed by atoms with Crippen molar-refractivity contribution in [3.05, 3.63) is 33.4 Å². The van der Waals surface area contributed by atoms with Gasteiger partial charge >= 0.3 is 0 Å². The van der Waals surface area contributed by atoms with Crippen LogP contribution >= 0.6 is 0 Å². The summed E-state index contributed by atoms with van der Waals surface area (Å²) in [5.74, 6) is 0. The van der Waals surface area contributed by atoms with Gasteiger partial charge in [0.25, 0.3) is 5.56 Å². The zero-order valence-electron chi connectivity index (χ0n) is 11.2. The van der Waals surface area contributed by atoms with E-state index in [0.717, 1.165) is 48.3 Å². The van der Waals surface area contributed by atoms with Crippen LogP contribution in [-0.2, 0) is 18.3 Å². The molecule has 2 aromatic rings. The van der Waals surface area contributed by atoms with Crippen molar-refractivity contribution in [2.75, 3.05) is 0 Å². The molecule has 18 heavy (non-hydrogen) atoms. The summed E-state index contributed by atoms with van der Waals surface area (Å²) in [4.78, 5) is 15.0. The minimum atomic E-state index is 0.00442. The fraction of sp³-hybridized carbons (Fsp3) is 0.571. The number of hydrogen-bond donors (Lipinski definition) is 1. The average molecular weight is 245 g/mol. The first kappa shape index (κ1) is 11.5. The lowest BCUT2D eigenvalue weighted by atomic mass is 9.93. The van der Waals surface area contributed by atoms with E-state index in [1.807, 2.05) is 10.6 Å². The Hall–Kier alpha value is -1.58. The van der Waals surface area contributed by atoms with Gasteiger partial charge in [-0.1, -0.05) is 20.8 Å². The van der Waals surface area contributed by atoms with Crippen LogP contribution in [0.2, 0.25) is 0 Å². The van der Waals surface area contributed by atoms with E-state index in [1.54, 1.807) is 0 Å². The number of aromatic amines is 1. The van der Waals surface area contributed by atoms with Crippen molar-refractivity contribution in [1.82, 2.24) is 14.6 Å². The Morgan fingerprint density at radius 1 is 1.28 bits per heavy atom. The fourth-order valence-electron chi connectivity index (χ4n) is 2.60. The summed E-state index contributed by atoms with van der Waals surface area (Å²) in [5, 5.41) is 4.68. The molecule has 1 aliphatic rings. The Bertz CT molecular complexity index is 658. The lowest BCUT2D eigenvalue weighted by Gasteiger charge is -2.16. The SMILES string of the molecule is CC(C)(C)c1cc2[nH]c(=O)c3c(n2n1)CCCC3. The van der Waals surface area contributed by atoms with E-state index >= 15 is 0 Å². The molecule has 0 fully saturated rings. The highest BCUT2D eigenvalue weighted by molar-refractivity contribution is 5.44. The van der Waals surface area contributed by atoms with E-state index in [-0.39, 0.29) is 11.0 Å². The minimum absolute atomic E-state index is 0.00442. The molecule has 2 heterocycles. The zero-order valence-corrected chi connectivity index (χ0v) is 11.2. The first-order chi connectivity index (χ1) is 8.47. The average Bonchev–Trinajstić information content (AvgIpc) is 2.73. The molecule has 0 bridgehead atoms. The second-order valence-electron chi connectivity index (χ2n) is 6.16. The molecule has 3 rings (SSSR count). The van der Waals surface area contributed by atoms with Gasteiger partial charge in [0.2, 0.25) is 0 Å². The molecule has 0 aliphatic heterocycles. The number of rotatable bonds is 0. The summed E-state index contributed by atoms with van der Waals surface area (Å²) in [6.07, 6.45) is 4.09. The van der Waals surface area contributed by atoms with Gasteiger partial charge in [0.15, 0.2) is 0 Å². The van der Waals surface area contributed by atoms with Gasteiger partial charge in [0, 0.05) is 17.0 Å². The van der Waals surface area contributed by atoms with E-state index in [4.69, 9.17) is 0 Å². The molecule has 4 nitrogen and oxygen atoms in total. The van der Waals surface area contributed by atoms with Crippen LogP contribution < -0.4 is 5.56 Å². The van der Waals surface area contributed by atoms with Crippen molar-refractivity contribution in [1.29, 1.82) is 0 Å². The van der Waals surface area contributed by atoms with Gasteiger partial charge in [0.1, 0.15) is 5.65 Å².